The fraction of sp³-hybridized carbons (Fsp3) is 0.529. The standard InChI is InChI=1S/C17H20ClN3O4S/c18-14-3-1-2-4-15(14)26(24,25)19-9-7-12(8-10-19)20-11-16(22)21(17(20)23)13-5-6-13/h1-4,12-13H,5-11H2. The van der Waals surface area contributed by atoms with Crippen molar-refractivity contribution >= 4 is 33.6 Å². The van der Waals surface area contributed by atoms with Gasteiger partial charge < -0.3 is 4.90 Å². The summed E-state index contributed by atoms with van der Waals surface area (Å²) in [5, 5.41) is 0.204. The number of hydrogen-bond donors (Lipinski definition) is 0. The number of amides is 3. The highest BCUT2D eigenvalue weighted by atomic mass is 35.5. The van der Waals surface area contributed by atoms with Crippen LogP contribution in [-0.2, 0) is 14.8 Å². The van der Waals surface area contributed by atoms with Crippen LogP contribution in [0.25, 0.3) is 0 Å². The zero-order chi connectivity index (χ0) is 18.5. The number of nitrogens with zero attached hydrogens (tertiary/aromatic N) is 3. The van der Waals surface area contributed by atoms with Crippen LogP contribution in [0.5, 0.6) is 0 Å². The number of carbonyl (C=O) groups is 2. The summed E-state index contributed by atoms with van der Waals surface area (Å²) in [6, 6.07) is 6.14. The molecule has 4 rings (SSSR count). The molecular formula is C17H20ClN3O4S. The second-order valence-electron chi connectivity index (χ2n) is 6.97. The number of urea groups is 1. The molecule has 1 aromatic rings. The Labute approximate surface area is 157 Å². The number of imide groups is 1. The Morgan fingerprint density at radius 2 is 1.62 bits per heavy atom. The van der Waals surface area contributed by atoms with Crippen LogP contribution in [0.2, 0.25) is 5.02 Å². The van der Waals surface area contributed by atoms with Crippen LogP contribution in [0.1, 0.15) is 25.7 Å². The topological polar surface area (TPSA) is 78.0 Å². The summed E-state index contributed by atoms with van der Waals surface area (Å²) in [6.07, 6.45) is 2.81. The quantitative estimate of drug-likeness (QED) is 0.727. The third-order valence-electron chi connectivity index (χ3n) is 5.26. The van der Waals surface area contributed by atoms with E-state index in [-0.39, 0.29) is 40.5 Å². The minimum Gasteiger partial charge on any atom is -0.312 e. The van der Waals surface area contributed by atoms with Gasteiger partial charge in [-0.05, 0) is 37.8 Å². The van der Waals surface area contributed by atoms with Gasteiger partial charge >= 0.3 is 6.03 Å². The van der Waals surface area contributed by atoms with Gasteiger partial charge in [0.1, 0.15) is 11.4 Å². The molecule has 2 aliphatic heterocycles. The molecule has 7 nitrogen and oxygen atoms in total. The average Bonchev–Trinajstić information content (AvgIpc) is 3.40. The minimum absolute atomic E-state index is 0.0701. The van der Waals surface area contributed by atoms with Gasteiger partial charge in [0.25, 0.3) is 5.91 Å². The van der Waals surface area contributed by atoms with Gasteiger partial charge in [-0.3, -0.25) is 9.69 Å². The van der Waals surface area contributed by atoms with Gasteiger partial charge in [0.05, 0.1) is 5.02 Å². The summed E-state index contributed by atoms with van der Waals surface area (Å²) in [5.41, 5.74) is 0. The molecule has 9 heteroatoms. The van der Waals surface area contributed by atoms with Crippen molar-refractivity contribution in [1.82, 2.24) is 14.1 Å². The summed E-state index contributed by atoms with van der Waals surface area (Å²) < 4.78 is 27.0. The highest BCUT2D eigenvalue weighted by Gasteiger charge is 2.47. The molecule has 2 saturated heterocycles. The predicted octanol–water partition coefficient (Wildman–Crippen LogP) is 1.92. The van der Waals surface area contributed by atoms with Crippen LogP contribution in [-0.4, -0.2) is 66.2 Å². The Balaban J connectivity index is 1.44. The lowest BCUT2D eigenvalue weighted by Crippen LogP contribution is -2.48. The first-order chi connectivity index (χ1) is 12.4. The average molecular weight is 398 g/mol. The lowest BCUT2D eigenvalue weighted by atomic mass is 10.1. The molecule has 3 fully saturated rings. The van der Waals surface area contributed by atoms with Gasteiger partial charge in [-0.2, -0.15) is 4.31 Å². The first-order valence-corrected chi connectivity index (χ1v) is 10.6. The number of carbonyl (C=O) groups excluding carboxylic acids is 2. The van der Waals surface area contributed by atoms with E-state index < -0.39 is 10.0 Å². The van der Waals surface area contributed by atoms with Crippen LogP contribution in [0, 0.1) is 0 Å². The van der Waals surface area contributed by atoms with E-state index in [0.29, 0.717) is 25.9 Å². The molecule has 0 atom stereocenters. The minimum atomic E-state index is -3.66. The zero-order valence-electron chi connectivity index (χ0n) is 14.2. The van der Waals surface area contributed by atoms with E-state index in [1.165, 1.54) is 15.3 Å². The number of sulfonamides is 1. The molecule has 1 aromatic carbocycles. The Hall–Kier alpha value is -1.64. The molecule has 2 heterocycles. The lowest BCUT2D eigenvalue weighted by Gasteiger charge is -2.35. The Morgan fingerprint density at radius 1 is 0.962 bits per heavy atom. The first kappa shape index (κ1) is 17.8. The van der Waals surface area contributed by atoms with Crippen molar-refractivity contribution < 1.29 is 18.0 Å². The van der Waals surface area contributed by atoms with Gasteiger partial charge in [-0.15, -0.1) is 0 Å². The Bertz CT molecular complexity index is 847. The molecule has 140 valence electrons. The Kier molecular flexibility index (Phi) is 4.45. The second-order valence-corrected chi connectivity index (χ2v) is 9.28. The first-order valence-electron chi connectivity index (χ1n) is 8.77. The lowest BCUT2D eigenvalue weighted by molar-refractivity contribution is -0.125. The van der Waals surface area contributed by atoms with Crippen LogP contribution >= 0.6 is 11.6 Å². The fourth-order valence-corrected chi connectivity index (χ4v) is 5.66. The predicted molar refractivity (Wildman–Crippen MR) is 95.2 cm³/mol. The van der Waals surface area contributed by atoms with Gasteiger partial charge in [0, 0.05) is 25.2 Å². The third-order valence-corrected chi connectivity index (χ3v) is 7.66. The van der Waals surface area contributed by atoms with E-state index in [1.54, 1.807) is 23.1 Å². The molecule has 0 unspecified atom stereocenters. The van der Waals surface area contributed by atoms with Gasteiger partial charge in [-0.25, -0.2) is 13.2 Å². The van der Waals surface area contributed by atoms with Gasteiger partial charge in [0.2, 0.25) is 10.0 Å². The van der Waals surface area contributed by atoms with Crippen LogP contribution in [0.4, 0.5) is 4.79 Å². The van der Waals surface area contributed by atoms with Crippen LogP contribution < -0.4 is 0 Å². The summed E-state index contributed by atoms with van der Waals surface area (Å²) in [6.45, 7) is 0.719. The maximum atomic E-state index is 12.8. The number of benzene rings is 1. The van der Waals surface area contributed by atoms with E-state index in [9.17, 15) is 18.0 Å². The van der Waals surface area contributed by atoms with Crippen LogP contribution in [0.15, 0.2) is 29.2 Å². The van der Waals surface area contributed by atoms with Gasteiger partial charge in [-0.1, -0.05) is 23.7 Å². The van der Waals surface area contributed by atoms with Crippen molar-refractivity contribution in [2.24, 2.45) is 0 Å². The molecule has 3 amide bonds. The van der Waals surface area contributed by atoms with E-state index >= 15 is 0 Å². The van der Waals surface area contributed by atoms with E-state index in [1.807, 2.05) is 0 Å². The maximum absolute atomic E-state index is 12.8. The largest absolute Gasteiger partial charge is 0.327 e. The second kappa shape index (κ2) is 6.51. The van der Waals surface area contributed by atoms with Crippen molar-refractivity contribution in [3.05, 3.63) is 29.3 Å². The van der Waals surface area contributed by atoms with Crippen molar-refractivity contribution in [3.8, 4) is 0 Å². The van der Waals surface area contributed by atoms with Crippen LogP contribution in [0.3, 0.4) is 0 Å². The number of piperidine rings is 1. The number of rotatable bonds is 4. The highest BCUT2D eigenvalue weighted by molar-refractivity contribution is 7.89. The molecule has 0 radical (unpaired) electrons. The molecule has 0 spiro atoms. The summed E-state index contributed by atoms with van der Waals surface area (Å²) in [7, 11) is -3.66. The van der Waals surface area contributed by atoms with Gasteiger partial charge in [0.15, 0.2) is 0 Å². The third kappa shape index (κ3) is 3.00. The van der Waals surface area contributed by atoms with E-state index in [4.69, 9.17) is 11.6 Å². The number of hydrogen-bond acceptors (Lipinski definition) is 4. The molecule has 0 bridgehead atoms. The summed E-state index contributed by atoms with van der Waals surface area (Å²) in [4.78, 5) is 27.7. The van der Waals surface area contributed by atoms with Crippen molar-refractivity contribution in [2.75, 3.05) is 19.6 Å². The normalized spacial score (nSPS) is 23.1. The molecule has 3 aliphatic rings. The monoisotopic (exact) mass is 397 g/mol. The summed E-state index contributed by atoms with van der Waals surface area (Å²) >= 11 is 6.05. The number of halogens is 1. The fourth-order valence-electron chi connectivity index (χ4n) is 3.70. The molecule has 1 aliphatic carbocycles. The molecule has 0 N–H and O–H groups in total. The SMILES string of the molecule is O=C1CN(C2CCN(S(=O)(=O)c3ccccc3Cl)CC2)C(=O)N1C1CC1. The molecule has 0 aromatic heterocycles. The molecule has 1 saturated carbocycles. The smallest absolute Gasteiger partial charge is 0.312 e. The maximum Gasteiger partial charge on any atom is 0.327 e. The zero-order valence-corrected chi connectivity index (χ0v) is 15.7. The van der Waals surface area contributed by atoms with Crippen molar-refractivity contribution in [3.63, 3.8) is 0 Å². The Morgan fingerprint density at radius 3 is 2.23 bits per heavy atom. The van der Waals surface area contributed by atoms with E-state index in [2.05, 4.69) is 0 Å². The summed E-state index contributed by atoms with van der Waals surface area (Å²) in [5.74, 6) is -0.136. The highest BCUT2D eigenvalue weighted by Crippen LogP contribution is 2.33. The van der Waals surface area contributed by atoms with E-state index in [0.717, 1.165) is 12.8 Å². The van der Waals surface area contributed by atoms with Crippen molar-refractivity contribution in [1.29, 1.82) is 0 Å². The molecular weight excluding hydrogens is 378 g/mol. The molecule has 26 heavy (non-hydrogen) atoms. The van der Waals surface area contributed by atoms with Crippen molar-refractivity contribution in [2.45, 2.75) is 42.7 Å².